The first kappa shape index (κ1) is 14.7. The van der Waals surface area contributed by atoms with Gasteiger partial charge in [-0.1, -0.05) is 0 Å². The minimum Gasteiger partial charge on any atom is -0.366 e. The third-order valence-corrected chi connectivity index (χ3v) is 3.23. The number of nitrogens with zero attached hydrogens (tertiary/aromatic N) is 2. The monoisotopic (exact) mass is 263 g/mol. The van der Waals surface area contributed by atoms with Gasteiger partial charge < -0.3 is 19.9 Å². The van der Waals surface area contributed by atoms with Crippen LogP contribution in [0, 0.1) is 0 Å². The summed E-state index contributed by atoms with van der Waals surface area (Å²) in [6.07, 6.45) is 0.791. The molecule has 0 spiro atoms. The van der Waals surface area contributed by atoms with Crippen LogP contribution in [-0.2, 0) is 9.53 Å². The van der Waals surface area contributed by atoms with Crippen LogP contribution in [0.4, 0.5) is 0 Å². The SMILES string of the molecule is CN1CCCN(C(=O)C2CNCCO2)CC1.Cl. The molecule has 2 fully saturated rings. The molecule has 2 heterocycles. The van der Waals surface area contributed by atoms with E-state index in [0.717, 1.165) is 39.1 Å². The molecule has 0 bridgehead atoms. The van der Waals surface area contributed by atoms with Crippen molar-refractivity contribution < 1.29 is 9.53 Å². The fourth-order valence-corrected chi connectivity index (χ4v) is 2.19. The van der Waals surface area contributed by atoms with Gasteiger partial charge in [-0.15, -0.1) is 12.4 Å². The van der Waals surface area contributed by atoms with Crippen LogP contribution in [0.3, 0.4) is 0 Å². The summed E-state index contributed by atoms with van der Waals surface area (Å²) >= 11 is 0. The molecule has 5 nitrogen and oxygen atoms in total. The molecular weight excluding hydrogens is 242 g/mol. The van der Waals surface area contributed by atoms with Crippen molar-refractivity contribution in [3.8, 4) is 0 Å². The van der Waals surface area contributed by atoms with Crippen molar-refractivity contribution in [3.63, 3.8) is 0 Å². The number of likely N-dealkylation sites (N-methyl/N-ethyl adjacent to an activating group) is 1. The molecule has 0 saturated carbocycles. The van der Waals surface area contributed by atoms with E-state index in [2.05, 4.69) is 17.3 Å². The van der Waals surface area contributed by atoms with Gasteiger partial charge in [-0.3, -0.25) is 4.79 Å². The van der Waals surface area contributed by atoms with Crippen LogP contribution in [0.1, 0.15) is 6.42 Å². The van der Waals surface area contributed by atoms with E-state index in [1.165, 1.54) is 0 Å². The van der Waals surface area contributed by atoms with Gasteiger partial charge >= 0.3 is 0 Å². The largest absolute Gasteiger partial charge is 0.366 e. The number of halogens is 1. The molecule has 1 atom stereocenters. The Morgan fingerprint density at radius 1 is 1.29 bits per heavy atom. The van der Waals surface area contributed by atoms with Crippen LogP contribution in [0.5, 0.6) is 0 Å². The summed E-state index contributed by atoms with van der Waals surface area (Å²) in [7, 11) is 2.10. The lowest BCUT2D eigenvalue weighted by Gasteiger charge is -2.28. The highest BCUT2D eigenvalue weighted by molar-refractivity contribution is 5.85. The molecule has 1 amide bonds. The molecule has 2 aliphatic rings. The molecule has 2 aliphatic heterocycles. The molecule has 0 aliphatic carbocycles. The summed E-state index contributed by atoms with van der Waals surface area (Å²) in [6, 6.07) is 0. The summed E-state index contributed by atoms with van der Waals surface area (Å²) in [6.45, 7) is 5.89. The molecule has 6 heteroatoms. The minimum atomic E-state index is -0.267. The highest BCUT2D eigenvalue weighted by atomic mass is 35.5. The van der Waals surface area contributed by atoms with Gasteiger partial charge in [0.05, 0.1) is 6.61 Å². The quantitative estimate of drug-likeness (QED) is 0.697. The van der Waals surface area contributed by atoms with Crippen LogP contribution in [-0.4, -0.2) is 74.7 Å². The molecule has 0 aromatic rings. The van der Waals surface area contributed by atoms with Gasteiger partial charge in [-0.25, -0.2) is 0 Å². The number of nitrogens with one attached hydrogen (secondary N) is 1. The Kier molecular flexibility index (Phi) is 6.19. The second-order valence-electron chi connectivity index (χ2n) is 4.55. The second-order valence-corrected chi connectivity index (χ2v) is 4.55. The Morgan fingerprint density at radius 3 is 2.82 bits per heavy atom. The Balaban J connectivity index is 0.00000144. The molecular formula is C11H22ClN3O2. The number of rotatable bonds is 1. The van der Waals surface area contributed by atoms with Crippen LogP contribution < -0.4 is 5.32 Å². The van der Waals surface area contributed by atoms with E-state index in [4.69, 9.17) is 4.74 Å². The molecule has 17 heavy (non-hydrogen) atoms. The molecule has 100 valence electrons. The average Bonchev–Trinajstić information content (AvgIpc) is 2.54. The predicted molar refractivity (Wildman–Crippen MR) is 68.6 cm³/mol. The van der Waals surface area contributed by atoms with E-state index in [1.807, 2.05) is 4.90 Å². The van der Waals surface area contributed by atoms with Crippen molar-refractivity contribution in [2.75, 3.05) is 52.9 Å². The summed E-state index contributed by atoms with van der Waals surface area (Å²) in [5, 5.41) is 3.20. The van der Waals surface area contributed by atoms with Crippen molar-refractivity contribution in [1.82, 2.24) is 15.1 Å². The van der Waals surface area contributed by atoms with Crippen molar-refractivity contribution >= 4 is 18.3 Å². The van der Waals surface area contributed by atoms with E-state index >= 15 is 0 Å². The van der Waals surface area contributed by atoms with Crippen LogP contribution >= 0.6 is 12.4 Å². The van der Waals surface area contributed by atoms with E-state index in [1.54, 1.807) is 0 Å². The maximum absolute atomic E-state index is 12.2. The molecule has 1 N–H and O–H groups in total. The zero-order valence-electron chi connectivity index (χ0n) is 10.4. The fourth-order valence-electron chi connectivity index (χ4n) is 2.19. The third kappa shape index (κ3) is 4.10. The van der Waals surface area contributed by atoms with Crippen molar-refractivity contribution in [1.29, 1.82) is 0 Å². The van der Waals surface area contributed by atoms with Crippen molar-refractivity contribution in [3.05, 3.63) is 0 Å². The van der Waals surface area contributed by atoms with Gasteiger partial charge in [0.25, 0.3) is 5.91 Å². The number of ether oxygens (including phenoxy) is 1. The highest BCUT2D eigenvalue weighted by Crippen LogP contribution is 2.06. The number of amides is 1. The Morgan fingerprint density at radius 2 is 2.12 bits per heavy atom. The molecule has 0 aromatic carbocycles. The van der Waals surface area contributed by atoms with E-state index < -0.39 is 0 Å². The summed E-state index contributed by atoms with van der Waals surface area (Å²) < 4.78 is 5.49. The Bertz CT molecular complexity index is 247. The maximum atomic E-state index is 12.2. The number of hydrogen-bond acceptors (Lipinski definition) is 4. The topological polar surface area (TPSA) is 44.8 Å². The maximum Gasteiger partial charge on any atom is 0.253 e. The van der Waals surface area contributed by atoms with Crippen LogP contribution in [0.25, 0.3) is 0 Å². The third-order valence-electron chi connectivity index (χ3n) is 3.23. The number of carbonyl (C=O) groups is 1. The van der Waals surface area contributed by atoms with E-state index in [0.29, 0.717) is 13.2 Å². The molecule has 0 aromatic heterocycles. The normalized spacial score (nSPS) is 27.1. The van der Waals surface area contributed by atoms with Crippen molar-refractivity contribution in [2.24, 2.45) is 0 Å². The number of carbonyl (C=O) groups excluding carboxylic acids is 1. The molecule has 2 rings (SSSR count). The van der Waals surface area contributed by atoms with Crippen LogP contribution in [0.15, 0.2) is 0 Å². The lowest BCUT2D eigenvalue weighted by molar-refractivity contribution is -0.145. The minimum absolute atomic E-state index is 0. The number of morpholine rings is 1. The van der Waals surface area contributed by atoms with E-state index in [9.17, 15) is 4.79 Å². The summed E-state index contributed by atoms with van der Waals surface area (Å²) in [4.78, 5) is 16.4. The highest BCUT2D eigenvalue weighted by Gasteiger charge is 2.27. The zero-order chi connectivity index (χ0) is 11.4. The van der Waals surface area contributed by atoms with Gasteiger partial charge in [0.2, 0.25) is 0 Å². The number of hydrogen-bond donors (Lipinski definition) is 1. The molecule has 2 saturated heterocycles. The van der Waals surface area contributed by atoms with Gasteiger partial charge in [0.15, 0.2) is 0 Å². The van der Waals surface area contributed by atoms with Gasteiger partial charge in [0.1, 0.15) is 6.10 Å². The van der Waals surface area contributed by atoms with Gasteiger partial charge in [-0.05, 0) is 20.0 Å². The first-order valence-electron chi connectivity index (χ1n) is 6.07. The first-order valence-corrected chi connectivity index (χ1v) is 6.07. The summed E-state index contributed by atoms with van der Waals surface area (Å²) in [5.74, 6) is 0.155. The van der Waals surface area contributed by atoms with Gasteiger partial charge in [-0.2, -0.15) is 0 Å². The zero-order valence-corrected chi connectivity index (χ0v) is 11.2. The smallest absolute Gasteiger partial charge is 0.253 e. The summed E-state index contributed by atoms with van der Waals surface area (Å²) in [5.41, 5.74) is 0. The van der Waals surface area contributed by atoms with Crippen molar-refractivity contribution in [2.45, 2.75) is 12.5 Å². The average molecular weight is 264 g/mol. The lowest BCUT2D eigenvalue weighted by Crippen LogP contribution is -2.50. The standard InChI is InChI=1S/C11H21N3O2.ClH/c1-13-4-2-5-14(7-6-13)11(15)10-9-12-3-8-16-10;/h10,12H,2-9H2,1H3;1H. The molecule has 0 radical (unpaired) electrons. The lowest BCUT2D eigenvalue weighted by atomic mass is 10.2. The predicted octanol–water partition coefficient (Wildman–Crippen LogP) is -0.439. The van der Waals surface area contributed by atoms with E-state index in [-0.39, 0.29) is 24.4 Å². The second kappa shape index (κ2) is 7.16. The fraction of sp³-hybridized carbons (Fsp3) is 0.909. The molecule has 1 unspecified atom stereocenters. The Hall–Kier alpha value is -0.360. The first-order chi connectivity index (χ1) is 7.77. The Labute approximate surface area is 109 Å². The van der Waals surface area contributed by atoms with Gasteiger partial charge in [0, 0.05) is 32.7 Å². The van der Waals surface area contributed by atoms with Crippen LogP contribution in [0.2, 0.25) is 0 Å².